The van der Waals surface area contributed by atoms with E-state index in [9.17, 15) is 14.0 Å². The number of benzene rings is 1. The molecule has 7 rings (SSSR count). The van der Waals surface area contributed by atoms with Crippen molar-refractivity contribution in [3.8, 4) is 5.69 Å². The second-order valence-electron chi connectivity index (χ2n) is 13.1. The molecule has 0 spiro atoms. The van der Waals surface area contributed by atoms with Crippen LogP contribution in [0, 0.1) is 11.7 Å². The number of halogens is 1. The molecule has 3 aliphatic heterocycles. The lowest BCUT2D eigenvalue weighted by molar-refractivity contribution is -0.137. The summed E-state index contributed by atoms with van der Waals surface area (Å²) in [5.74, 6) is 0.124. The van der Waals surface area contributed by atoms with Gasteiger partial charge in [0.1, 0.15) is 5.82 Å². The molecule has 2 bridgehead atoms. The third kappa shape index (κ3) is 5.74. The van der Waals surface area contributed by atoms with Crippen molar-refractivity contribution in [2.45, 2.75) is 96.8 Å². The predicted molar refractivity (Wildman–Crippen MR) is 169 cm³/mol. The number of fused-ring (bicyclic) bond motifs is 4. The molecule has 0 radical (unpaired) electrons. The molecular formula is C35H44FN5O2. The highest BCUT2D eigenvalue weighted by Crippen LogP contribution is 2.36. The van der Waals surface area contributed by atoms with E-state index >= 15 is 0 Å². The summed E-state index contributed by atoms with van der Waals surface area (Å²) >= 11 is 0. The van der Waals surface area contributed by atoms with E-state index < -0.39 is 5.82 Å². The molecule has 2 saturated heterocycles. The molecule has 2 amide bonds. The van der Waals surface area contributed by atoms with Crippen LogP contribution in [0.5, 0.6) is 0 Å². The number of amides is 2. The van der Waals surface area contributed by atoms with Gasteiger partial charge >= 0.3 is 0 Å². The number of nitrogens with one attached hydrogen (secondary N) is 1. The maximum absolute atomic E-state index is 14.6. The highest BCUT2D eigenvalue weighted by molar-refractivity contribution is 6.00. The molecule has 7 nitrogen and oxygen atoms in total. The highest BCUT2D eigenvalue weighted by Gasteiger charge is 2.40. The van der Waals surface area contributed by atoms with Gasteiger partial charge in [-0.2, -0.15) is 0 Å². The molecule has 4 aliphatic rings. The number of rotatable bonds is 6. The van der Waals surface area contributed by atoms with Gasteiger partial charge in [-0.3, -0.25) is 14.6 Å². The van der Waals surface area contributed by atoms with Gasteiger partial charge in [0.05, 0.1) is 29.0 Å². The zero-order valence-electron chi connectivity index (χ0n) is 25.9. The molecule has 1 aliphatic carbocycles. The topological polar surface area (TPSA) is 70.5 Å². The van der Waals surface area contributed by atoms with E-state index in [1.54, 1.807) is 17.2 Å². The lowest BCUT2D eigenvalue weighted by atomic mass is 9.76. The van der Waals surface area contributed by atoms with Crippen molar-refractivity contribution in [2.24, 2.45) is 5.92 Å². The number of pyridine rings is 1. The Kier molecular flexibility index (Phi) is 8.40. The Labute approximate surface area is 254 Å². The number of nitrogens with zero attached hydrogens (tertiary/aromatic N) is 4. The van der Waals surface area contributed by atoms with E-state index in [1.165, 1.54) is 43.4 Å². The number of carbonyl (C=O) groups is 2. The Morgan fingerprint density at radius 3 is 2.51 bits per heavy atom. The first-order valence-corrected chi connectivity index (χ1v) is 16.0. The van der Waals surface area contributed by atoms with Crippen molar-refractivity contribution in [2.75, 3.05) is 13.1 Å². The standard InChI is InChI=1S/C35H44FN5O2/c1-22(2)41(23(3)4)34(42)29-19-26(36)11-14-31(29)40-21-30(28-15-16-37-20-32(28)40)24-7-5-17-39(18-6-8-24)35(43)33-25-9-12-27(38-33)13-10-25/h7,11,14-16,19-23,25,27,33,38H,5-6,8-10,12-13,17-18H2,1-4H3/t25?,27?,33-/m0/s1. The van der Waals surface area contributed by atoms with Crippen LogP contribution in [0.2, 0.25) is 0 Å². The van der Waals surface area contributed by atoms with Crippen LogP contribution < -0.4 is 5.32 Å². The summed E-state index contributed by atoms with van der Waals surface area (Å²) in [6.07, 6.45) is 15.2. The van der Waals surface area contributed by atoms with Crippen molar-refractivity contribution < 1.29 is 14.0 Å². The summed E-state index contributed by atoms with van der Waals surface area (Å²) in [4.78, 5) is 35.6. The maximum atomic E-state index is 14.6. The first-order chi connectivity index (χ1) is 20.7. The molecule has 43 heavy (non-hydrogen) atoms. The van der Waals surface area contributed by atoms with Crippen LogP contribution in [-0.4, -0.2) is 68.4 Å². The Balaban J connectivity index is 1.30. The van der Waals surface area contributed by atoms with Gasteiger partial charge in [-0.1, -0.05) is 6.08 Å². The Hall–Kier alpha value is -3.52. The molecule has 3 fully saturated rings. The molecular weight excluding hydrogens is 541 g/mol. The molecule has 1 saturated carbocycles. The molecule has 3 aromatic rings. The van der Waals surface area contributed by atoms with Gasteiger partial charge in [0.2, 0.25) is 5.91 Å². The summed E-state index contributed by atoms with van der Waals surface area (Å²) in [5, 5.41) is 4.67. The minimum absolute atomic E-state index is 0.0178. The number of hydrogen-bond acceptors (Lipinski definition) is 4. The van der Waals surface area contributed by atoms with Crippen molar-refractivity contribution in [3.05, 3.63) is 65.9 Å². The number of aromatic nitrogens is 2. The normalized spacial score (nSPS) is 22.5. The highest BCUT2D eigenvalue weighted by atomic mass is 19.1. The quantitative estimate of drug-likeness (QED) is 0.366. The van der Waals surface area contributed by atoms with Gasteiger partial charge in [0.15, 0.2) is 0 Å². The van der Waals surface area contributed by atoms with E-state index in [0.29, 0.717) is 23.2 Å². The number of hydrogen-bond donors (Lipinski definition) is 1. The third-order valence-electron chi connectivity index (χ3n) is 9.65. The van der Waals surface area contributed by atoms with Crippen LogP contribution in [0.4, 0.5) is 4.39 Å². The smallest absolute Gasteiger partial charge is 0.256 e. The van der Waals surface area contributed by atoms with E-state index in [4.69, 9.17) is 0 Å². The van der Waals surface area contributed by atoms with Crippen molar-refractivity contribution in [1.82, 2.24) is 24.7 Å². The average Bonchev–Trinajstić information content (AvgIpc) is 3.36. The van der Waals surface area contributed by atoms with Crippen molar-refractivity contribution in [1.29, 1.82) is 0 Å². The first-order valence-electron chi connectivity index (χ1n) is 16.0. The minimum atomic E-state index is -0.438. The second kappa shape index (κ2) is 12.2. The van der Waals surface area contributed by atoms with Crippen molar-refractivity contribution >= 4 is 28.3 Å². The van der Waals surface area contributed by atoms with Crippen LogP contribution in [0.3, 0.4) is 0 Å². The number of piperidine rings is 2. The summed E-state index contributed by atoms with van der Waals surface area (Å²) in [5.41, 5.74) is 4.17. The SMILES string of the molecule is CC(C)N(C(=O)c1cc(F)ccc1-n1cc(C2=CCCN(C(=O)[C@H]3NC4CCC3CC4)CCC2)c2ccncc21)C(C)C. The van der Waals surface area contributed by atoms with E-state index in [0.717, 1.165) is 48.8 Å². The fraction of sp³-hybridized carbons (Fsp3) is 0.514. The van der Waals surface area contributed by atoms with Crippen LogP contribution in [0.1, 0.15) is 88.6 Å². The van der Waals surface area contributed by atoms with Gasteiger partial charge in [0.25, 0.3) is 5.91 Å². The van der Waals surface area contributed by atoms with E-state index in [2.05, 4.69) is 27.5 Å². The molecule has 228 valence electrons. The Morgan fingerprint density at radius 1 is 1.05 bits per heavy atom. The Bertz CT molecular complexity index is 1530. The molecule has 0 unspecified atom stereocenters. The third-order valence-corrected chi connectivity index (χ3v) is 9.65. The summed E-state index contributed by atoms with van der Waals surface area (Å²) in [6.45, 7) is 9.40. The average molecular weight is 586 g/mol. The predicted octanol–water partition coefficient (Wildman–Crippen LogP) is 6.35. The zero-order chi connectivity index (χ0) is 30.2. The number of carbonyl (C=O) groups excluding carboxylic acids is 2. The zero-order valence-corrected chi connectivity index (χ0v) is 25.9. The molecule has 5 heterocycles. The minimum Gasteiger partial charge on any atom is -0.341 e. The fourth-order valence-corrected chi connectivity index (χ4v) is 7.64. The van der Waals surface area contributed by atoms with E-state index in [1.807, 2.05) is 44.5 Å². The maximum Gasteiger partial charge on any atom is 0.256 e. The van der Waals surface area contributed by atoms with Gasteiger partial charge in [-0.15, -0.1) is 0 Å². The van der Waals surface area contributed by atoms with Crippen LogP contribution in [0.15, 0.2) is 48.9 Å². The van der Waals surface area contributed by atoms with Gasteiger partial charge in [0, 0.05) is 54.6 Å². The molecule has 2 aromatic heterocycles. The molecule has 1 N–H and O–H groups in total. The fourth-order valence-electron chi connectivity index (χ4n) is 7.64. The summed E-state index contributed by atoms with van der Waals surface area (Å²) in [6, 6.07) is 6.90. The summed E-state index contributed by atoms with van der Waals surface area (Å²) < 4.78 is 16.6. The van der Waals surface area contributed by atoms with Gasteiger partial charge in [-0.05, 0) is 108 Å². The lowest BCUT2D eigenvalue weighted by Crippen LogP contribution is -2.59. The van der Waals surface area contributed by atoms with Gasteiger partial charge in [-0.25, -0.2) is 4.39 Å². The Morgan fingerprint density at radius 2 is 1.81 bits per heavy atom. The molecule has 1 atom stereocenters. The van der Waals surface area contributed by atoms with Crippen LogP contribution in [0.25, 0.3) is 22.2 Å². The lowest BCUT2D eigenvalue weighted by Gasteiger charge is -2.44. The van der Waals surface area contributed by atoms with Gasteiger partial charge < -0.3 is 19.7 Å². The molecule has 8 heteroatoms. The second-order valence-corrected chi connectivity index (χ2v) is 13.1. The summed E-state index contributed by atoms with van der Waals surface area (Å²) in [7, 11) is 0. The number of allylic oxidation sites excluding steroid dienone is 1. The van der Waals surface area contributed by atoms with E-state index in [-0.39, 0.29) is 29.9 Å². The monoisotopic (exact) mass is 585 g/mol. The first kappa shape index (κ1) is 29.5. The van der Waals surface area contributed by atoms with Crippen LogP contribution in [-0.2, 0) is 4.79 Å². The van der Waals surface area contributed by atoms with Crippen LogP contribution >= 0.6 is 0 Å². The molecule has 1 aromatic carbocycles. The van der Waals surface area contributed by atoms with Crippen molar-refractivity contribution in [3.63, 3.8) is 0 Å². The largest absolute Gasteiger partial charge is 0.341 e.